The van der Waals surface area contributed by atoms with Crippen molar-refractivity contribution in [3.63, 3.8) is 0 Å². The highest BCUT2D eigenvalue weighted by Crippen LogP contribution is 2.63. The molecule has 2 saturated carbocycles. The van der Waals surface area contributed by atoms with Gasteiger partial charge < -0.3 is 14.0 Å². The van der Waals surface area contributed by atoms with E-state index in [1.807, 2.05) is 12.1 Å². The molecule has 0 atom stereocenters. The third-order valence-corrected chi connectivity index (χ3v) is 11.7. The minimum Gasteiger partial charge on any atom is -0.497 e. The topological polar surface area (TPSA) is 35.5 Å². The lowest BCUT2D eigenvalue weighted by Crippen LogP contribution is -2.30. The Labute approximate surface area is 187 Å². The van der Waals surface area contributed by atoms with Crippen LogP contribution in [0.3, 0.4) is 0 Å². The van der Waals surface area contributed by atoms with Gasteiger partial charge in [0.2, 0.25) is 0 Å². The zero-order chi connectivity index (χ0) is 21.7. The van der Waals surface area contributed by atoms with E-state index in [9.17, 15) is 0 Å². The van der Waals surface area contributed by atoms with E-state index in [1.165, 1.54) is 49.7 Å². The molecular formula is C27H37O3P. The van der Waals surface area contributed by atoms with Gasteiger partial charge in [0.15, 0.2) is 0 Å². The molecule has 2 aliphatic rings. The Morgan fingerprint density at radius 1 is 0.742 bits per heavy atom. The van der Waals surface area contributed by atoms with Gasteiger partial charge in [0.05, 0.1) is 19.5 Å². The largest absolute Gasteiger partial charge is 0.497 e. The number of ether oxygens (including phenoxy) is 2. The molecule has 2 fully saturated rings. The number of hydrogen-bond acceptors (Lipinski definition) is 3. The van der Waals surface area contributed by atoms with Crippen molar-refractivity contribution >= 4 is 12.4 Å². The van der Waals surface area contributed by atoms with Gasteiger partial charge in [-0.1, -0.05) is 56.7 Å². The van der Waals surface area contributed by atoms with E-state index in [4.69, 9.17) is 9.47 Å². The molecule has 31 heavy (non-hydrogen) atoms. The Bertz CT molecular complexity index is 871. The minimum absolute atomic E-state index is 0.328. The van der Waals surface area contributed by atoms with Crippen LogP contribution in [0.4, 0.5) is 0 Å². The fourth-order valence-corrected chi connectivity index (χ4v) is 10.2. The summed E-state index contributed by atoms with van der Waals surface area (Å²) in [4.78, 5) is 0. The summed E-state index contributed by atoms with van der Waals surface area (Å²) in [6.45, 7) is 0. The van der Waals surface area contributed by atoms with E-state index in [0.717, 1.165) is 48.9 Å². The van der Waals surface area contributed by atoms with Gasteiger partial charge in [-0.25, -0.2) is 0 Å². The fourth-order valence-electron chi connectivity index (χ4n) is 5.72. The van der Waals surface area contributed by atoms with Crippen LogP contribution in [-0.4, -0.2) is 25.5 Å². The van der Waals surface area contributed by atoms with Crippen LogP contribution in [0.5, 0.6) is 11.5 Å². The van der Waals surface area contributed by atoms with Crippen molar-refractivity contribution in [1.29, 1.82) is 0 Å². The average molecular weight is 441 g/mol. The Hall–Kier alpha value is -1.73. The van der Waals surface area contributed by atoms with Gasteiger partial charge >= 0.3 is 0 Å². The van der Waals surface area contributed by atoms with Crippen LogP contribution in [0.25, 0.3) is 0 Å². The second kappa shape index (κ2) is 10.3. The first-order valence-corrected chi connectivity index (χ1v) is 13.9. The van der Waals surface area contributed by atoms with E-state index in [2.05, 4.69) is 30.3 Å². The van der Waals surface area contributed by atoms with E-state index < -0.39 is 7.14 Å². The summed E-state index contributed by atoms with van der Waals surface area (Å²) in [5, 5.41) is 1.03. The van der Waals surface area contributed by atoms with Gasteiger partial charge in [-0.2, -0.15) is 0 Å². The van der Waals surface area contributed by atoms with Crippen molar-refractivity contribution in [2.24, 2.45) is 0 Å². The normalized spacial score (nSPS) is 18.6. The second-order valence-corrected chi connectivity index (χ2v) is 12.7. The van der Waals surface area contributed by atoms with Crippen LogP contribution in [0.15, 0.2) is 42.5 Å². The summed E-state index contributed by atoms with van der Waals surface area (Å²) in [6, 6.07) is 14.7. The van der Waals surface area contributed by atoms with Gasteiger partial charge in [-0.05, 0) is 67.5 Å². The molecule has 0 aromatic heterocycles. The number of hydrogen-bond donors (Lipinski definition) is 0. The van der Waals surface area contributed by atoms with Gasteiger partial charge in [0, 0.05) is 11.3 Å². The molecule has 0 spiro atoms. The molecule has 2 aromatic rings. The van der Waals surface area contributed by atoms with Crippen LogP contribution in [0.2, 0.25) is 0 Å². The molecule has 168 valence electrons. The maximum absolute atomic E-state index is 15.1. The first-order chi connectivity index (χ1) is 15.1. The number of methoxy groups -OCH3 is 2. The van der Waals surface area contributed by atoms with E-state index in [-0.39, 0.29) is 0 Å². The number of rotatable bonds is 7. The minimum atomic E-state index is -2.57. The highest BCUT2D eigenvalue weighted by Gasteiger charge is 2.44. The summed E-state index contributed by atoms with van der Waals surface area (Å²) in [7, 11) is 0.857. The van der Waals surface area contributed by atoms with E-state index in [0.29, 0.717) is 11.3 Å². The second-order valence-electron chi connectivity index (χ2n) is 9.32. The molecule has 2 aliphatic carbocycles. The monoisotopic (exact) mass is 440 g/mol. The predicted octanol–water partition coefficient (Wildman–Crippen LogP) is 6.95. The lowest BCUT2D eigenvalue weighted by molar-refractivity contribution is 0.414. The van der Waals surface area contributed by atoms with Crippen molar-refractivity contribution in [1.82, 2.24) is 0 Å². The Kier molecular flexibility index (Phi) is 7.43. The zero-order valence-electron chi connectivity index (χ0n) is 19.1. The molecule has 0 bridgehead atoms. The van der Waals surface area contributed by atoms with Crippen molar-refractivity contribution in [3.8, 4) is 11.5 Å². The molecule has 0 saturated heterocycles. The molecule has 4 heteroatoms. The predicted molar refractivity (Wildman–Crippen MR) is 130 cm³/mol. The fraction of sp³-hybridized carbons (Fsp3) is 0.556. The lowest BCUT2D eigenvalue weighted by atomic mass is 9.99. The van der Waals surface area contributed by atoms with Crippen LogP contribution in [0.1, 0.15) is 75.3 Å². The molecule has 0 amide bonds. The number of benzene rings is 2. The molecule has 4 rings (SSSR count). The third kappa shape index (κ3) is 4.87. The molecule has 0 aliphatic heterocycles. The smallest absolute Gasteiger partial charge is 0.129 e. The van der Waals surface area contributed by atoms with Crippen LogP contribution in [-0.2, 0) is 11.0 Å². The highest BCUT2D eigenvalue weighted by atomic mass is 31.2. The van der Waals surface area contributed by atoms with Gasteiger partial charge in [-0.15, -0.1) is 0 Å². The van der Waals surface area contributed by atoms with Crippen LogP contribution < -0.4 is 14.8 Å². The highest BCUT2D eigenvalue weighted by molar-refractivity contribution is 7.73. The summed E-state index contributed by atoms with van der Waals surface area (Å²) < 4.78 is 26.2. The lowest BCUT2D eigenvalue weighted by Gasteiger charge is -2.39. The van der Waals surface area contributed by atoms with Gasteiger partial charge in [0.25, 0.3) is 0 Å². The molecule has 0 radical (unpaired) electrons. The summed E-state index contributed by atoms with van der Waals surface area (Å²) >= 11 is 0. The average Bonchev–Trinajstić information content (AvgIpc) is 2.85. The van der Waals surface area contributed by atoms with Crippen molar-refractivity contribution in [2.75, 3.05) is 14.2 Å². The first-order valence-electron chi connectivity index (χ1n) is 12.0. The maximum atomic E-state index is 15.1. The molecule has 3 nitrogen and oxygen atoms in total. The van der Waals surface area contributed by atoms with Crippen molar-refractivity contribution < 1.29 is 14.0 Å². The standard InChI is InChI=1S/C27H37O3P/c1-29-23-16-13-21(14-17-23)19-22-15-18-26(30-2)27(20-22)31(28,24-9-5-3-6-10-24)25-11-7-4-8-12-25/h13-18,20,24-25H,3-12,19H2,1-2H3. The molecule has 0 unspecified atom stereocenters. The molecule has 2 aromatic carbocycles. The summed E-state index contributed by atoms with van der Waals surface area (Å²) in [5.41, 5.74) is 3.11. The first kappa shape index (κ1) is 22.5. The molecular weight excluding hydrogens is 403 g/mol. The molecule has 0 N–H and O–H groups in total. The van der Waals surface area contributed by atoms with Gasteiger partial charge in [-0.3, -0.25) is 0 Å². The van der Waals surface area contributed by atoms with Gasteiger partial charge in [0.1, 0.15) is 18.6 Å². The van der Waals surface area contributed by atoms with Crippen molar-refractivity contribution in [3.05, 3.63) is 53.6 Å². The Balaban J connectivity index is 1.71. The zero-order valence-corrected chi connectivity index (χ0v) is 20.0. The maximum Gasteiger partial charge on any atom is 0.129 e. The Morgan fingerprint density at radius 2 is 1.29 bits per heavy atom. The molecule has 0 heterocycles. The van der Waals surface area contributed by atoms with E-state index in [1.54, 1.807) is 14.2 Å². The van der Waals surface area contributed by atoms with Crippen molar-refractivity contribution in [2.45, 2.75) is 81.9 Å². The third-order valence-electron chi connectivity index (χ3n) is 7.42. The van der Waals surface area contributed by atoms with Crippen LogP contribution >= 0.6 is 7.14 Å². The quantitative estimate of drug-likeness (QED) is 0.437. The van der Waals surface area contributed by atoms with Crippen LogP contribution in [0, 0.1) is 0 Å². The SMILES string of the molecule is COc1ccc(Cc2ccc(OC)c(P(=O)(C3CCCCC3)C3CCCCC3)c2)cc1. The van der Waals surface area contributed by atoms with E-state index >= 15 is 4.57 Å². The summed E-state index contributed by atoms with van der Waals surface area (Å²) in [6.07, 6.45) is 12.7. The summed E-state index contributed by atoms with van der Waals surface area (Å²) in [5.74, 6) is 1.70. The Morgan fingerprint density at radius 3 is 1.81 bits per heavy atom.